The van der Waals surface area contributed by atoms with Crippen LogP contribution in [0.25, 0.3) is 0 Å². The van der Waals surface area contributed by atoms with Crippen molar-refractivity contribution in [2.24, 2.45) is 0 Å². The summed E-state index contributed by atoms with van der Waals surface area (Å²) in [4.78, 5) is 10.9. The van der Waals surface area contributed by atoms with Gasteiger partial charge in [-0.15, -0.1) is 0 Å². The van der Waals surface area contributed by atoms with Crippen LogP contribution in [0.5, 0.6) is 0 Å². The van der Waals surface area contributed by atoms with Gasteiger partial charge < -0.3 is 16.2 Å². The molecule has 1 rings (SSSR count). The summed E-state index contributed by atoms with van der Waals surface area (Å²) in [5.41, 5.74) is 6.82. The molecule has 0 heterocycles. The van der Waals surface area contributed by atoms with E-state index in [1.54, 1.807) is 18.2 Å². The summed E-state index contributed by atoms with van der Waals surface area (Å²) in [5, 5.41) is 12.2. The number of carbonyl (C=O) groups is 1. The molecule has 1 unspecified atom stereocenters. The third-order valence-corrected chi connectivity index (χ3v) is 3.41. The Bertz CT molecular complexity index is 396. The Hall–Kier alpha value is -1.36. The molecule has 1 aromatic rings. The summed E-state index contributed by atoms with van der Waals surface area (Å²) < 4.78 is 0. The fourth-order valence-corrected chi connectivity index (χ4v) is 2.12. The van der Waals surface area contributed by atoms with E-state index < -0.39 is 5.97 Å². The molecular formula is C12H18N2O2S. The van der Waals surface area contributed by atoms with Crippen LogP contribution in [0, 0.1) is 0 Å². The van der Waals surface area contributed by atoms with Crippen molar-refractivity contribution in [3.05, 3.63) is 23.8 Å². The zero-order valence-corrected chi connectivity index (χ0v) is 10.9. The Kier molecular flexibility index (Phi) is 5.15. The fraction of sp³-hybridized carbons (Fsp3) is 0.417. The van der Waals surface area contributed by atoms with Crippen LogP contribution in [0.2, 0.25) is 0 Å². The highest BCUT2D eigenvalue weighted by Gasteiger charge is 2.09. The van der Waals surface area contributed by atoms with Crippen molar-refractivity contribution < 1.29 is 9.90 Å². The van der Waals surface area contributed by atoms with Gasteiger partial charge in [-0.05, 0) is 30.9 Å². The van der Waals surface area contributed by atoms with Crippen LogP contribution < -0.4 is 11.1 Å². The molecular weight excluding hydrogens is 236 g/mol. The van der Waals surface area contributed by atoms with Gasteiger partial charge in [0.1, 0.15) is 0 Å². The predicted octanol–water partition coefficient (Wildman–Crippen LogP) is 2.52. The first kappa shape index (κ1) is 13.7. The summed E-state index contributed by atoms with van der Waals surface area (Å²) >= 11 is 1.85. The maximum atomic E-state index is 10.9. The van der Waals surface area contributed by atoms with Crippen molar-refractivity contribution >= 4 is 29.1 Å². The number of carboxylic acid groups (broad SMARTS) is 1. The molecule has 0 saturated carbocycles. The zero-order chi connectivity index (χ0) is 12.8. The van der Waals surface area contributed by atoms with Crippen LogP contribution >= 0.6 is 11.8 Å². The zero-order valence-electron chi connectivity index (χ0n) is 10.1. The molecule has 0 amide bonds. The summed E-state index contributed by atoms with van der Waals surface area (Å²) in [7, 11) is 0. The molecule has 0 aliphatic rings. The number of nitrogens with one attached hydrogen (secondary N) is 1. The number of rotatable bonds is 6. The van der Waals surface area contributed by atoms with E-state index in [0.29, 0.717) is 11.7 Å². The molecule has 0 aromatic heterocycles. The molecule has 0 aliphatic carbocycles. The summed E-state index contributed by atoms with van der Waals surface area (Å²) in [6.45, 7) is 4.18. The highest BCUT2D eigenvalue weighted by molar-refractivity contribution is 7.99. The average Bonchev–Trinajstić information content (AvgIpc) is 2.28. The van der Waals surface area contributed by atoms with Crippen molar-refractivity contribution in [3.63, 3.8) is 0 Å². The molecule has 0 bridgehead atoms. The number of nitrogen functional groups attached to an aromatic ring is 1. The number of hydrogen-bond acceptors (Lipinski definition) is 4. The molecule has 0 radical (unpaired) electrons. The summed E-state index contributed by atoms with van der Waals surface area (Å²) in [5.74, 6) is 1.07. The summed E-state index contributed by atoms with van der Waals surface area (Å²) in [6.07, 6.45) is 0. The number of nitrogens with two attached hydrogens (primary N) is 1. The number of aromatic carboxylic acids is 1. The molecule has 0 aliphatic heterocycles. The molecule has 4 nitrogen and oxygen atoms in total. The Balaban J connectivity index is 2.72. The minimum absolute atomic E-state index is 0.144. The van der Waals surface area contributed by atoms with E-state index in [4.69, 9.17) is 10.8 Å². The van der Waals surface area contributed by atoms with Gasteiger partial charge in [0.05, 0.1) is 5.56 Å². The van der Waals surface area contributed by atoms with Crippen molar-refractivity contribution in [2.45, 2.75) is 19.9 Å². The van der Waals surface area contributed by atoms with Gasteiger partial charge in [-0.25, -0.2) is 4.79 Å². The Morgan fingerprint density at radius 1 is 1.59 bits per heavy atom. The van der Waals surface area contributed by atoms with Gasteiger partial charge in [0.15, 0.2) is 0 Å². The lowest BCUT2D eigenvalue weighted by Crippen LogP contribution is -2.18. The lowest BCUT2D eigenvalue weighted by atomic mass is 10.1. The molecule has 4 N–H and O–H groups in total. The summed E-state index contributed by atoms with van der Waals surface area (Å²) in [6, 6.07) is 5.29. The van der Waals surface area contributed by atoms with Gasteiger partial charge in [-0.2, -0.15) is 11.8 Å². The average molecular weight is 254 g/mol. The largest absolute Gasteiger partial charge is 0.478 e. The van der Waals surface area contributed by atoms with Gasteiger partial charge in [-0.1, -0.05) is 6.92 Å². The third kappa shape index (κ3) is 4.19. The Labute approximate surface area is 106 Å². The predicted molar refractivity (Wildman–Crippen MR) is 73.9 cm³/mol. The Morgan fingerprint density at radius 2 is 2.29 bits per heavy atom. The number of anilines is 2. The van der Waals surface area contributed by atoms with E-state index in [1.165, 1.54) is 0 Å². The third-order valence-electron chi connectivity index (χ3n) is 2.27. The maximum absolute atomic E-state index is 10.9. The molecule has 94 valence electrons. The second-order valence-corrected chi connectivity index (χ2v) is 5.13. The highest BCUT2D eigenvalue weighted by atomic mass is 32.2. The smallest absolute Gasteiger partial charge is 0.337 e. The number of carboxylic acids is 1. The van der Waals surface area contributed by atoms with Crippen molar-refractivity contribution in [1.29, 1.82) is 0 Å². The molecule has 0 saturated heterocycles. The van der Waals surface area contributed by atoms with Crippen LogP contribution in [0.15, 0.2) is 18.2 Å². The molecule has 1 aromatic carbocycles. The van der Waals surface area contributed by atoms with E-state index in [2.05, 4.69) is 19.2 Å². The van der Waals surface area contributed by atoms with E-state index in [9.17, 15) is 4.79 Å². The van der Waals surface area contributed by atoms with Crippen LogP contribution in [0.4, 0.5) is 11.4 Å². The number of thioether (sulfide) groups is 1. The fourth-order valence-electron chi connectivity index (χ4n) is 1.45. The van der Waals surface area contributed by atoms with Crippen molar-refractivity contribution in [2.75, 3.05) is 22.6 Å². The highest BCUT2D eigenvalue weighted by Crippen LogP contribution is 2.19. The SMILES string of the molecule is CCSCC(C)Nc1ccc(N)c(C(=O)O)c1. The molecule has 5 heteroatoms. The topological polar surface area (TPSA) is 75.3 Å². The van der Waals surface area contributed by atoms with Gasteiger partial charge in [0.25, 0.3) is 0 Å². The van der Waals surface area contributed by atoms with Gasteiger partial charge in [0, 0.05) is 23.2 Å². The number of hydrogen-bond donors (Lipinski definition) is 3. The first-order valence-electron chi connectivity index (χ1n) is 5.51. The van der Waals surface area contributed by atoms with Crippen molar-refractivity contribution in [1.82, 2.24) is 0 Å². The van der Waals surface area contributed by atoms with Crippen molar-refractivity contribution in [3.8, 4) is 0 Å². The van der Waals surface area contributed by atoms with Gasteiger partial charge in [-0.3, -0.25) is 0 Å². The van der Waals surface area contributed by atoms with E-state index >= 15 is 0 Å². The van der Waals surface area contributed by atoms with E-state index in [-0.39, 0.29) is 5.56 Å². The van der Waals surface area contributed by atoms with Crippen LogP contribution in [-0.2, 0) is 0 Å². The Morgan fingerprint density at radius 3 is 2.88 bits per heavy atom. The first-order valence-corrected chi connectivity index (χ1v) is 6.67. The first-order chi connectivity index (χ1) is 8.04. The standard InChI is InChI=1S/C12H18N2O2S/c1-3-17-7-8(2)14-9-4-5-11(13)10(6-9)12(15)16/h4-6,8,14H,3,7,13H2,1-2H3,(H,15,16). The van der Waals surface area contributed by atoms with E-state index in [0.717, 1.165) is 17.2 Å². The maximum Gasteiger partial charge on any atom is 0.337 e. The molecule has 0 spiro atoms. The second kappa shape index (κ2) is 6.39. The van der Waals surface area contributed by atoms with Crippen LogP contribution in [-0.4, -0.2) is 28.6 Å². The van der Waals surface area contributed by atoms with Crippen LogP contribution in [0.3, 0.4) is 0 Å². The monoisotopic (exact) mass is 254 g/mol. The lowest BCUT2D eigenvalue weighted by molar-refractivity contribution is 0.0698. The van der Waals surface area contributed by atoms with Gasteiger partial charge >= 0.3 is 5.97 Å². The molecule has 17 heavy (non-hydrogen) atoms. The minimum atomic E-state index is -0.998. The molecule has 1 atom stereocenters. The quantitative estimate of drug-likeness (QED) is 0.680. The van der Waals surface area contributed by atoms with E-state index in [1.807, 2.05) is 11.8 Å². The van der Waals surface area contributed by atoms with Gasteiger partial charge in [0.2, 0.25) is 0 Å². The second-order valence-electron chi connectivity index (χ2n) is 3.81. The normalized spacial score (nSPS) is 12.1. The van der Waals surface area contributed by atoms with Crippen LogP contribution in [0.1, 0.15) is 24.2 Å². The molecule has 0 fully saturated rings. The number of benzene rings is 1. The minimum Gasteiger partial charge on any atom is -0.478 e. The lowest BCUT2D eigenvalue weighted by Gasteiger charge is -2.15.